The number of hydrogen-bond donors (Lipinski definition) is 0. The molecule has 5 aromatic heterocycles. The van der Waals surface area contributed by atoms with E-state index in [9.17, 15) is 0 Å². The maximum absolute atomic E-state index is 5.56. The molecule has 0 saturated carbocycles. The first-order valence-electron chi connectivity index (χ1n) is 21.6. The average Bonchev–Trinajstić information content (AvgIpc) is 3.99. The van der Waals surface area contributed by atoms with Gasteiger partial charge in [-0.25, -0.2) is 4.98 Å². The highest BCUT2D eigenvalue weighted by atomic mass is 15.2. The monoisotopic (exact) mass is 784 g/mol. The molecule has 0 aliphatic rings. The van der Waals surface area contributed by atoms with Gasteiger partial charge in [-0.15, -0.1) is 0 Å². The van der Waals surface area contributed by atoms with Crippen molar-refractivity contribution >= 4 is 115 Å². The van der Waals surface area contributed by atoms with Crippen LogP contribution >= 0.6 is 0 Å². The van der Waals surface area contributed by atoms with Gasteiger partial charge in [0.05, 0.1) is 39.5 Å². The van der Waals surface area contributed by atoms with E-state index in [0.717, 1.165) is 28.2 Å². The summed E-state index contributed by atoms with van der Waals surface area (Å²) >= 11 is 0. The van der Waals surface area contributed by atoms with Crippen LogP contribution in [0.5, 0.6) is 0 Å². The molecule has 5 heterocycles. The van der Waals surface area contributed by atoms with Gasteiger partial charge < -0.3 is 9.30 Å². The predicted octanol–water partition coefficient (Wildman–Crippen LogP) is 15.8. The first kappa shape index (κ1) is 34.7. The van der Waals surface area contributed by atoms with E-state index in [4.69, 9.17) is 4.98 Å². The molecule has 61 heavy (non-hydrogen) atoms. The maximum atomic E-state index is 5.56. The van der Waals surface area contributed by atoms with Crippen LogP contribution in [0, 0.1) is 0 Å². The quantitative estimate of drug-likeness (QED) is 0.178. The smallest absolute Gasteiger partial charge is 0.146 e. The fraction of sp³-hybridized carbons (Fsp3) is 0.140. The average molecular weight is 785 g/mol. The van der Waals surface area contributed by atoms with Crippen LogP contribution in [-0.4, -0.2) is 13.8 Å². The maximum Gasteiger partial charge on any atom is 0.146 e. The van der Waals surface area contributed by atoms with Crippen molar-refractivity contribution in [3.63, 3.8) is 0 Å². The lowest BCUT2D eigenvalue weighted by atomic mass is 9.84. The van der Waals surface area contributed by atoms with Crippen molar-refractivity contribution < 1.29 is 0 Å². The van der Waals surface area contributed by atoms with E-state index >= 15 is 0 Å². The van der Waals surface area contributed by atoms with Crippen LogP contribution < -0.4 is 4.90 Å². The van der Waals surface area contributed by atoms with E-state index in [0.29, 0.717) is 0 Å². The van der Waals surface area contributed by atoms with Gasteiger partial charge in [0.1, 0.15) is 5.65 Å². The molecule has 0 radical (unpaired) electrons. The zero-order chi connectivity index (χ0) is 41.1. The Morgan fingerprint density at radius 1 is 0.410 bits per heavy atom. The summed E-state index contributed by atoms with van der Waals surface area (Å²) in [7, 11) is 0. The summed E-state index contributed by atoms with van der Waals surface area (Å²) in [5.41, 5.74) is 13.1. The summed E-state index contributed by atoms with van der Waals surface area (Å²) in [6.07, 6.45) is 2.17. The van der Waals surface area contributed by atoms with Gasteiger partial charge in [0.2, 0.25) is 0 Å². The first-order valence-corrected chi connectivity index (χ1v) is 21.6. The van der Waals surface area contributed by atoms with E-state index in [1.165, 1.54) is 97.8 Å². The summed E-state index contributed by atoms with van der Waals surface area (Å²) in [5.74, 6) is 0. The molecule has 0 amide bonds. The van der Waals surface area contributed by atoms with Crippen molar-refractivity contribution in [1.29, 1.82) is 0 Å². The van der Waals surface area contributed by atoms with E-state index < -0.39 is 0 Å². The molecule has 0 unspecified atom stereocenters. The minimum absolute atomic E-state index is 0.0344. The first-order chi connectivity index (χ1) is 29.6. The number of hydrogen-bond acceptors (Lipinski definition) is 2. The van der Waals surface area contributed by atoms with Crippen molar-refractivity contribution in [2.45, 2.75) is 52.4 Å². The standard InChI is InChI=1S/C57H44N4/c1-56(2,3)35-25-26-46-41(29-35)42-30-36(57(4,5)6)31-45-50-49-44-27-33-17-13-15-23-39(33)48-43-28-34-18-14-16-24-40(34)53(59(37-19-9-7-10-20-37)38-21-11-8-12-22-38)54(43)60(52(44)48)47(49)32-58-55(50)61(46)51(42)45/h7-32H,1-6H3. The van der Waals surface area contributed by atoms with Gasteiger partial charge >= 0.3 is 0 Å². The molecule has 0 saturated heterocycles. The Morgan fingerprint density at radius 2 is 0.967 bits per heavy atom. The number of benzene rings is 8. The van der Waals surface area contributed by atoms with Crippen LogP contribution in [0.3, 0.4) is 0 Å². The molecule has 0 aliphatic carbocycles. The van der Waals surface area contributed by atoms with E-state index in [2.05, 4.69) is 213 Å². The van der Waals surface area contributed by atoms with Crippen molar-refractivity contribution in [2.75, 3.05) is 4.90 Å². The lowest BCUT2D eigenvalue weighted by Gasteiger charge is -2.28. The third kappa shape index (κ3) is 4.57. The molecule has 0 atom stereocenters. The second kappa shape index (κ2) is 11.8. The second-order valence-electron chi connectivity index (χ2n) is 19.3. The van der Waals surface area contributed by atoms with Crippen LogP contribution in [-0.2, 0) is 10.8 Å². The minimum atomic E-state index is -0.0547. The zero-order valence-electron chi connectivity index (χ0n) is 35.3. The van der Waals surface area contributed by atoms with Crippen LogP contribution in [0.4, 0.5) is 17.1 Å². The van der Waals surface area contributed by atoms with Crippen LogP contribution in [0.1, 0.15) is 52.7 Å². The number of anilines is 3. The minimum Gasteiger partial charge on any atom is -0.308 e. The SMILES string of the molecule is CC(C)(C)c1ccc2c(c1)c1cc(C(C)(C)C)cc3c4c5c6cc7ccccc7c7c8cc9ccccc9c(N(c9ccccc9)c9ccccc9)c8n(c5cnc4n2c13)c67. The highest BCUT2D eigenvalue weighted by Crippen LogP contribution is 2.53. The Labute approximate surface area is 353 Å². The lowest BCUT2D eigenvalue weighted by molar-refractivity contribution is 0.590. The topological polar surface area (TPSA) is 24.9 Å². The van der Waals surface area contributed by atoms with Gasteiger partial charge in [-0.2, -0.15) is 0 Å². The summed E-state index contributed by atoms with van der Waals surface area (Å²) in [6.45, 7) is 13.9. The largest absolute Gasteiger partial charge is 0.308 e. The Kier molecular flexibility index (Phi) is 6.69. The molecule has 13 rings (SSSR count). The molecular weight excluding hydrogens is 741 g/mol. The molecule has 4 heteroatoms. The lowest BCUT2D eigenvalue weighted by Crippen LogP contribution is -2.11. The van der Waals surface area contributed by atoms with Crippen molar-refractivity contribution in [3.05, 3.63) is 169 Å². The Bertz CT molecular complexity index is 3890. The van der Waals surface area contributed by atoms with Gasteiger partial charge in [0, 0.05) is 59.9 Å². The molecule has 0 aliphatic heterocycles. The highest BCUT2D eigenvalue weighted by Gasteiger charge is 2.31. The number of pyridine rings is 1. The van der Waals surface area contributed by atoms with Gasteiger partial charge in [0.15, 0.2) is 0 Å². The van der Waals surface area contributed by atoms with Gasteiger partial charge in [-0.1, -0.05) is 133 Å². The van der Waals surface area contributed by atoms with Gasteiger partial charge in [-0.3, -0.25) is 4.40 Å². The number of para-hydroxylation sites is 2. The molecule has 13 aromatic rings. The summed E-state index contributed by atoms with van der Waals surface area (Å²) in [6, 6.07) is 56.5. The van der Waals surface area contributed by atoms with Crippen molar-refractivity contribution in [1.82, 2.24) is 13.8 Å². The molecule has 0 fully saturated rings. The van der Waals surface area contributed by atoms with E-state index in [-0.39, 0.29) is 10.8 Å². The Morgan fingerprint density at radius 3 is 1.64 bits per heavy atom. The predicted molar refractivity (Wildman–Crippen MR) is 261 cm³/mol. The zero-order valence-corrected chi connectivity index (χ0v) is 35.3. The van der Waals surface area contributed by atoms with E-state index in [1.807, 2.05) is 0 Å². The van der Waals surface area contributed by atoms with Crippen LogP contribution in [0.2, 0.25) is 0 Å². The highest BCUT2D eigenvalue weighted by molar-refractivity contribution is 6.39. The summed E-state index contributed by atoms with van der Waals surface area (Å²) in [4.78, 5) is 8.03. The Balaban J connectivity index is 1.29. The molecule has 0 spiro atoms. The number of rotatable bonds is 3. The van der Waals surface area contributed by atoms with Crippen LogP contribution in [0.25, 0.3) is 97.9 Å². The number of aromatic nitrogens is 3. The van der Waals surface area contributed by atoms with Crippen molar-refractivity contribution in [2.24, 2.45) is 0 Å². The summed E-state index contributed by atoms with van der Waals surface area (Å²) < 4.78 is 5.03. The third-order valence-corrected chi connectivity index (χ3v) is 13.6. The second-order valence-corrected chi connectivity index (χ2v) is 19.3. The van der Waals surface area contributed by atoms with Crippen molar-refractivity contribution in [3.8, 4) is 0 Å². The van der Waals surface area contributed by atoms with Gasteiger partial charge in [-0.05, 0) is 98.8 Å². The Hall–Kier alpha value is -7.17. The molecule has 0 bridgehead atoms. The van der Waals surface area contributed by atoms with E-state index in [1.54, 1.807) is 0 Å². The molecule has 8 aromatic carbocycles. The number of nitrogens with zero attached hydrogens (tertiary/aromatic N) is 4. The van der Waals surface area contributed by atoms with Gasteiger partial charge in [0.25, 0.3) is 0 Å². The molecule has 292 valence electrons. The fourth-order valence-corrected chi connectivity index (χ4v) is 10.7. The van der Waals surface area contributed by atoms with Crippen LogP contribution in [0.15, 0.2) is 158 Å². The normalized spacial score (nSPS) is 13.1. The number of fused-ring (bicyclic) bond motifs is 16. The molecule has 4 nitrogen and oxygen atoms in total. The summed E-state index contributed by atoms with van der Waals surface area (Å²) in [5, 5.41) is 15.1. The molecule has 0 N–H and O–H groups in total. The molecular formula is C57H44N4. The fourth-order valence-electron chi connectivity index (χ4n) is 10.7. The third-order valence-electron chi connectivity index (χ3n) is 13.6.